The smallest absolute Gasteiger partial charge is 0.254 e. The average molecular weight is 408 g/mol. The standard InChI is InChI=1S/C22H24N4O4/c1-28-18-11-15-4-10-30-22(17(15)13-19(18)29-2)5-8-25(9-6-22)21(27)16-3-7-26-20(12-16)23-14-24-26/h3,7,11-14H,4-6,8-10H2,1-2H3. The first kappa shape index (κ1) is 18.9. The van der Waals surface area contributed by atoms with E-state index in [1.807, 2.05) is 11.0 Å². The first-order valence-electron chi connectivity index (χ1n) is 10.1. The number of rotatable bonds is 3. The van der Waals surface area contributed by atoms with Gasteiger partial charge in [-0.3, -0.25) is 4.79 Å². The lowest BCUT2D eigenvalue weighted by Crippen LogP contribution is -2.48. The van der Waals surface area contributed by atoms with Crippen LogP contribution >= 0.6 is 0 Å². The fourth-order valence-electron chi connectivity index (χ4n) is 4.60. The summed E-state index contributed by atoms with van der Waals surface area (Å²) in [5, 5.41) is 4.08. The van der Waals surface area contributed by atoms with Crippen molar-refractivity contribution < 1.29 is 19.0 Å². The van der Waals surface area contributed by atoms with Crippen LogP contribution in [0.5, 0.6) is 11.5 Å². The molecule has 1 spiro atoms. The summed E-state index contributed by atoms with van der Waals surface area (Å²) < 4.78 is 19.0. The second kappa shape index (κ2) is 7.28. The minimum absolute atomic E-state index is 0.0127. The normalized spacial score (nSPS) is 17.7. The van der Waals surface area contributed by atoms with Gasteiger partial charge in [0.15, 0.2) is 17.1 Å². The van der Waals surface area contributed by atoms with Crippen molar-refractivity contribution in [2.45, 2.75) is 24.9 Å². The van der Waals surface area contributed by atoms with Crippen LogP contribution in [0.4, 0.5) is 0 Å². The van der Waals surface area contributed by atoms with E-state index < -0.39 is 0 Å². The Morgan fingerprint density at radius 2 is 1.90 bits per heavy atom. The number of benzene rings is 1. The van der Waals surface area contributed by atoms with Gasteiger partial charge in [-0.05, 0) is 54.7 Å². The van der Waals surface area contributed by atoms with E-state index in [-0.39, 0.29) is 11.5 Å². The minimum Gasteiger partial charge on any atom is -0.493 e. The van der Waals surface area contributed by atoms with E-state index in [9.17, 15) is 4.79 Å². The number of fused-ring (bicyclic) bond motifs is 3. The van der Waals surface area contributed by atoms with E-state index in [0.29, 0.717) is 36.7 Å². The Bertz CT molecular complexity index is 1100. The molecule has 1 aromatic carbocycles. The van der Waals surface area contributed by atoms with E-state index in [1.54, 1.807) is 37.1 Å². The van der Waals surface area contributed by atoms with Crippen LogP contribution < -0.4 is 9.47 Å². The SMILES string of the molecule is COc1cc2c(cc1OC)C1(CCN(C(=O)c3ccn4ncnc4c3)CC1)OCC2. The van der Waals surface area contributed by atoms with Crippen LogP contribution in [0.25, 0.3) is 5.65 Å². The highest BCUT2D eigenvalue weighted by Gasteiger charge is 2.42. The summed E-state index contributed by atoms with van der Waals surface area (Å²) in [7, 11) is 3.30. The minimum atomic E-state index is -0.388. The zero-order chi connectivity index (χ0) is 20.7. The molecule has 3 aromatic rings. The molecule has 8 heteroatoms. The van der Waals surface area contributed by atoms with Crippen molar-refractivity contribution in [1.82, 2.24) is 19.5 Å². The van der Waals surface area contributed by atoms with Gasteiger partial charge in [-0.25, -0.2) is 9.50 Å². The predicted molar refractivity (Wildman–Crippen MR) is 109 cm³/mol. The topological polar surface area (TPSA) is 78.2 Å². The number of pyridine rings is 1. The predicted octanol–water partition coefficient (Wildman–Crippen LogP) is 2.45. The van der Waals surface area contributed by atoms with Crippen LogP contribution in [-0.2, 0) is 16.8 Å². The van der Waals surface area contributed by atoms with Gasteiger partial charge in [-0.1, -0.05) is 0 Å². The number of carbonyl (C=O) groups excluding carboxylic acids is 1. The molecular formula is C22H24N4O4. The van der Waals surface area contributed by atoms with Crippen LogP contribution in [0.1, 0.15) is 34.3 Å². The molecule has 156 valence electrons. The van der Waals surface area contributed by atoms with E-state index in [4.69, 9.17) is 14.2 Å². The summed E-state index contributed by atoms with van der Waals surface area (Å²) in [4.78, 5) is 19.1. The lowest BCUT2D eigenvalue weighted by molar-refractivity contribution is -0.0936. The highest BCUT2D eigenvalue weighted by molar-refractivity contribution is 5.95. The van der Waals surface area contributed by atoms with Crippen LogP contribution in [-0.4, -0.2) is 59.3 Å². The van der Waals surface area contributed by atoms with Gasteiger partial charge < -0.3 is 19.1 Å². The Balaban J connectivity index is 1.38. The summed E-state index contributed by atoms with van der Waals surface area (Å²) in [6, 6.07) is 7.68. The van der Waals surface area contributed by atoms with Crippen molar-refractivity contribution in [2.75, 3.05) is 33.9 Å². The van der Waals surface area contributed by atoms with Gasteiger partial charge in [-0.2, -0.15) is 5.10 Å². The number of amides is 1. The highest BCUT2D eigenvalue weighted by Crippen LogP contribution is 2.45. The Morgan fingerprint density at radius 3 is 2.67 bits per heavy atom. The number of piperidine rings is 1. The molecule has 30 heavy (non-hydrogen) atoms. The molecule has 8 nitrogen and oxygen atoms in total. The molecule has 0 radical (unpaired) electrons. The number of carbonyl (C=O) groups is 1. The lowest BCUT2D eigenvalue weighted by atomic mass is 9.79. The third kappa shape index (κ3) is 2.99. The average Bonchev–Trinajstić information content (AvgIpc) is 3.26. The molecular weight excluding hydrogens is 384 g/mol. The zero-order valence-corrected chi connectivity index (χ0v) is 17.1. The number of aromatic nitrogens is 3. The van der Waals surface area contributed by atoms with Gasteiger partial charge in [0, 0.05) is 24.8 Å². The second-order valence-electron chi connectivity index (χ2n) is 7.73. The van der Waals surface area contributed by atoms with Crippen molar-refractivity contribution in [3.63, 3.8) is 0 Å². The number of hydrogen-bond donors (Lipinski definition) is 0. The number of hydrogen-bond acceptors (Lipinski definition) is 6. The molecule has 0 bridgehead atoms. The van der Waals surface area contributed by atoms with Gasteiger partial charge in [-0.15, -0.1) is 0 Å². The van der Waals surface area contributed by atoms with Crippen LogP contribution in [0.3, 0.4) is 0 Å². The number of ether oxygens (including phenoxy) is 3. The Morgan fingerprint density at radius 1 is 1.13 bits per heavy atom. The zero-order valence-electron chi connectivity index (χ0n) is 17.1. The van der Waals surface area contributed by atoms with Crippen LogP contribution in [0, 0.1) is 0 Å². The molecule has 1 fully saturated rings. The molecule has 0 aliphatic carbocycles. The maximum Gasteiger partial charge on any atom is 0.254 e. The van der Waals surface area contributed by atoms with Gasteiger partial charge in [0.1, 0.15) is 6.33 Å². The molecule has 0 atom stereocenters. The number of likely N-dealkylation sites (tertiary alicyclic amines) is 1. The van der Waals surface area contributed by atoms with Crippen LogP contribution in [0.2, 0.25) is 0 Å². The Kier molecular flexibility index (Phi) is 4.58. The largest absolute Gasteiger partial charge is 0.493 e. The molecule has 0 unspecified atom stereocenters. The van der Waals surface area contributed by atoms with E-state index in [1.165, 1.54) is 11.9 Å². The second-order valence-corrected chi connectivity index (χ2v) is 7.73. The fourth-order valence-corrected chi connectivity index (χ4v) is 4.60. The first-order chi connectivity index (χ1) is 14.6. The first-order valence-corrected chi connectivity index (χ1v) is 10.1. The van der Waals surface area contributed by atoms with Crippen molar-refractivity contribution in [3.8, 4) is 11.5 Å². The molecule has 0 saturated carbocycles. The van der Waals surface area contributed by atoms with Gasteiger partial charge in [0.2, 0.25) is 0 Å². The molecule has 2 aliphatic heterocycles. The van der Waals surface area contributed by atoms with Crippen molar-refractivity contribution >= 4 is 11.6 Å². The molecule has 4 heterocycles. The van der Waals surface area contributed by atoms with Gasteiger partial charge in [0.25, 0.3) is 5.91 Å². The third-order valence-electron chi connectivity index (χ3n) is 6.24. The van der Waals surface area contributed by atoms with E-state index in [2.05, 4.69) is 16.1 Å². The molecule has 1 saturated heterocycles. The third-order valence-corrected chi connectivity index (χ3v) is 6.24. The number of methoxy groups -OCH3 is 2. The summed E-state index contributed by atoms with van der Waals surface area (Å²) in [6.45, 7) is 1.93. The Hall–Kier alpha value is -3.13. The molecule has 1 amide bonds. The fraction of sp³-hybridized carbons (Fsp3) is 0.409. The summed E-state index contributed by atoms with van der Waals surface area (Å²) in [5.41, 5.74) is 3.29. The van der Waals surface area contributed by atoms with Gasteiger partial charge in [0.05, 0.1) is 26.4 Å². The van der Waals surface area contributed by atoms with Crippen molar-refractivity contribution in [2.24, 2.45) is 0 Å². The maximum atomic E-state index is 13.1. The quantitative estimate of drug-likeness (QED) is 0.663. The monoisotopic (exact) mass is 408 g/mol. The summed E-state index contributed by atoms with van der Waals surface area (Å²) >= 11 is 0. The Labute approximate surface area is 174 Å². The van der Waals surface area contributed by atoms with Crippen LogP contribution in [0.15, 0.2) is 36.8 Å². The lowest BCUT2D eigenvalue weighted by Gasteiger charge is -2.45. The molecule has 2 aliphatic rings. The van der Waals surface area contributed by atoms with E-state index in [0.717, 1.165) is 30.6 Å². The maximum absolute atomic E-state index is 13.1. The molecule has 2 aromatic heterocycles. The number of nitrogens with zero attached hydrogens (tertiary/aromatic N) is 4. The molecule has 0 N–H and O–H groups in total. The van der Waals surface area contributed by atoms with Gasteiger partial charge >= 0.3 is 0 Å². The summed E-state index contributed by atoms with van der Waals surface area (Å²) in [5.74, 6) is 1.46. The van der Waals surface area contributed by atoms with Crippen molar-refractivity contribution in [1.29, 1.82) is 0 Å². The van der Waals surface area contributed by atoms with E-state index >= 15 is 0 Å². The summed E-state index contributed by atoms with van der Waals surface area (Å²) in [6.07, 6.45) is 5.58. The van der Waals surface area contributed by atoms with Crippen molar-refractivity contribution in [3.05, 3.63) is 53.5 Å². The molecule has 5 rings (SSSR count). The highest BCUT2D eigenvalue weighted by atomic mass is 16.5.